The number of hydrogen-bond donors (Lipinski definition) is 2. The predicted molar refractivity (Wildman–Crippen MR) is 66.8 cm³/mol. The third-order valence-electron chi connectivity index (χ3n) is 3.01. The number of benzene rings is 1. The summed E-state index contributed by atoms with van der Waals surface area (Å²) in [5.74, 6) is -0.0270. The number of nitrogens with two attached hydrogens (primary N) is 1. The van der Waals surface area contributed by atoms with Crippen LogP contribution in [0.1, 0.15) is 11.5 Å². The van der Waals surface area contributed by atoms with E-state index >= 15 is 0 Å². The molecule has 1 aliphatic rings. The van der Waals surface area contributed by atoms with Gasteiger partial charge in [0.05, 0.1) is 10.0 Å². The van der Waals surface area contributed by atoms with E-state index in [2.05, 4.69) is 0 Å². The monoisotopic (exact) mass is 274 g/mol. The Bertz CT molecular complexity index is 453. The Labute approximate surface area is 109 Å². The van der Waals surface area contributed by atoms with E-state index in [0.717, 1.165) is 5.56 Å². The van der Waals surface area contributed by atoms with Gasteiger partial charge in [0.25, 0.3) is 0 Å². The molecule has 3 N–H and O–H groups in total. The van der Waals surface area contributed by atoms with Crippen LogP contribution >= 0.6 is 23.2 Å². The fourth-order valence-corrected chi connectivity index (χ4v) is 2.39. The van der Waals surface area contributed by atoms with Crippen LogP contribution in [-0.2, 0) is 0 Å². The highest BCUT2D eigenvalue weighted by atomic mass is 35.5. The molecule has 0 aromatic heterocycles. The average molecular weight is 275 g/mol. The Hall–Kier alpha value is -0.970. The normalized spacial score (nSPS) is 24.1. The number of rotatable bonds is 1. The highest BCUT2D eigenvalue weighted by Crippen LogP contribution is 2.31. The lowest BCUT2D eigenvalue weighted by atomic mass is 9.95. The Kier molecular flexibility index (Phi) is 3.47. The van der Waals surface area contributed by atoms with Crippen LogP contribution in [-0.4, -0.2) is 35.2 Å². The summed E-state index contributed by atoms with van der Waals surface area (Å²) in [4.78, 5) is 12.2. The molecule has 0 spiro atoms. The van der Waals surface area contributed by atoms with Gasteiger partial charge < -0.3 is 15.7 Å². The zero-order valence-corrected chi connectivity index (χ0v) is 10.4. The summed E-state index contributed by atoms with van der Waals surface area (Å²) >= 11 is 11.8. The van der Waals surface area contributed by atoms with E-state index in [-0.39, 0.29) is 12.0 Å². The summed E-state index contributed by atoms with van der Waals surface area (Å²) in [6, 6.07) is 5.09. The minimum Gasteiger partial charge on any atom is -0.465 e. The first-order chi connectivity index (χ1) is 7.99. The van der Waals surface area contributed by atoms with Crippen molar-refractivity contribution in [1.29, 1.82) is 0 Å². The van der Waals surface area contributed by atoms with Crippen LogP contribution in [0.4, 0.5) is 4.79 Å². The molecule has 0 saturated carbocycles. The van der Waals surface area contributed by atoms with Gasteiger partial charge in [-0.25, -0.2) is 4.79 Å². The standard InChI is InChI=1S/C11H12Cl2N2O2/c12-8-2-1-6(3-9(8)13)7-4-15(11(16)17)5-10(7)14/h1-3,7,10H,4-5,14H2,(H,16,17). The van der Waals surface area contributed by atoms with Gasteiger partial charge in [-0.1, -0.05) is 29.3 Å². The van der Waals surface area contributed by atoms with Gasteiger partial charge in [0.15, 0.2) is 0 Å². The van der Waals surface area contributed by atoms with E-state index in [4.69, 9.17) is 34.0 Å². The van der Waals surface area contributed by atoms with E-state index in [1.807, 2.05) is 6.07 Å². The zero-order valence-electron chi connectivity index (χ0n) is 8.94. The third-order valence-corrected chi connectivity index (χ3v) is 3.75. The lowest BCUT2D eigenvalue weighted by Gasteiger charge is -2.14. The number of carboxylic acid groups (broad SMARTS) is 1. The zero-order chi connectivity index (χ0) is 12.6. The first-order valence-corrected chi connectivity index (χ1v) is 5.93. The van der Waals surface area contributed by atoms with Crippen molar-refractivity contribution in [3.63, 3.8) is 0 Å². The molecule has 6 heteroatoms. The average Bonchev–Trinajstić information content (AvgIpc) is 2.65. The number of hydrogen-bond acceptors (Lipinski definition) is 2. The smallest absolute Gasteiger partial charge is 0.407 e. The molecule has 2 atom stereocenters. The second kappa shape index (κ2) is 4.72. The maximum atomic E-state index is 10.9. The Morgan fingerprint density at radius 1 is 1.35 bits per heavy atom. The number of carbonyl (C=O) groups is 1. The molecule has 1 heterocycles. The molecule has 17 heavy (non-hydrogen) atoms. The predicted octanol–water partition coefficient (Wildman–Crippen LogP) is 2.40. The summed E-state index contributed by atoms with van der Waals surface area (Å²) in [5.41, 5.74) is 6.87. The van der Waals surface area contributed by atoms with E-state index < -0.39 is 6.09 Å². The molecule has 1 fully saturated rings. The molecule has 1 amide bonds. The highest BCUT2D eigenvalue weighted by molar-refractivity contribution is 6.42. The van der Waals surface area contributed by atoms with Crippen LogP contribution in [0.15, 0.2) is 18.2 Å². The Balaban J connectivity index is 2.22. The summed E-state index contributed by atoms with van der Waals surface area (Å²) < 4.78 is 0. The molecular weight excluding hydrogens is 263 g/mol. The molecule has 92 valence electrons. The lowest BCUT2D eigenvalue weighted by molar-refractivity contribution is 0.154. The van der Waals surface area contributed by atoms with E-state index in [0.29, 0.717) is 23.1 Å². The molecule has 1 aromatic carbocycles. The minimum absolute atomic E-state index is 0.0270. The van der Waals surface area contributed by atoms with Crippen LogP contribution in [0.3, 0.4) is 0 Å². The Morgan fingerprint density at radius 2 is 2.06 bits per heavy atom. The fraction of sp³-hybridized carbons (Fsp3) is 0.364. The quantitative estimate of drug-likeness (QED) is 0.827. The SMILES string of the molecule is NC1CN(C(=O)O)CC1c1ccc(Cl)c(Cl)c1. The van der Waals surface area contributed by atoms with Crippen molar-refractivity contribution in [3.05, 3.63) is 33.8 Å². The first-order valence-electron chi connectivity index (χ1n) is 5.17. The van der Waals surface area contributed by atoms with Gasteiger partial charge in [-0.15, -0.1) is 0 Å². The maximum Gasteiger partial charge on any atom is 0.407 e. The maximum absolute atomic E-state index is 10.9. The molecule has 0 bridgehead atoms. The molecule has 1 aromatic rings. The van der Waals surface area contributed by atoms with Gasteiger partial charge in [-0.3, -0.25) is 0 Å². The third kappa shape index (κ3) is 2.49. The van der Waals surface area contributed by atoms with Crippen LogP contribution < -0.4 is 5.73 Å². The topological polar surface area (TPSA) is 66.6 Å². The molecular formula is C11H12Cl2N2O2. The van der Waals surface area contributed by atoms with Crippen molar-refractivity contribution < 1.29 is 9.90 Å². The second-order valence-electron chi connectivity index (χ2n) is 4.13. The van der Waals surface area contributed by atoms with Crippen LogP contribution in [0.25, 0.3) is 0 Å². The molecule has 0 aliphatic carbocycles. The van der Waals surface area contributed by atoms with Crippen molar-refractivity contribution in [2.45, 2.75) is 12.0 Å². The molecule has 4 nitrogen and oxygen atoms in total. The van der Waals surface area contributed by atoms with Crippen LogP contribution in [0.5, 0.6) is 0 Å². The van der Waals surface area contributed by atoms with Crippen molar-refractivity contribution >= 4 is 29.3 Å². The van der Waals surface area contributed by atoms with Gasteiger partial charge in [0.2, 0.25) is 0 Å². The number of nitrogens with zero attached hydrogens (tertiary/aromatic N) is 1. The van der Waals surface area contributed by atoms with Crippen molar-refractivity contribution in [2.75, 3.05) is 13.1 Å². The van der Waals surface area contributed by atoms with Crippen molar-refractivity contribution in [3.8, 4) is 0 Å². The van der Waals surface area contributed by atoms with Crippen molar-refractivity contribution in [2.24, 2.45) is 5.73 Å². The molecule has 0 radical (unpaired) electrons. The summed E-state index contributed by atoms with van der Waals surface area (Å²) in [5, 5.41) is 9.86. The van der Waals surface area contributed by atoms with Crippen LogP contribution in [0.2, 0.25) is 10.0 Å². The Morgan fingerprint density at radius 3 is 2.59 bits per heavy atom. The molecule has 2 rings (SSSR count). The van der Waals surface area contributed by atoms with Gasteiger partial charge in [0.1, 0.15) is 0 Å². The van der Waals surface area contributed by atoms with Crippen molar-refractivity contribution in [1.82, 2.24) is 4.90 Å². The van der Waals surface area contributed by atoms with Gasteiger partial charge in [0, 0.05) is 25.0 Å². The number of amides is 1. The lowest BCUT2D eigenvalue weighted by Crippen LogP contribution is -2.31. The highest BCUT2D eigenvalue weighted by Gasteiger charge is 2.33. The summed E-state index contributed by atoms with van der Waals surface area (Å²) in [6.45, 7) is 0.745. The molecule has 1 aliphatic heterocycles. The van der Waals surface area contributed by atoms with E-state index in [1.54, 1.807) is 12.1 Å². The van der Waals surface area contributed by atoms with Gasteiger partial charge >= 0.3 is 6.09 Å². The largest absolute Gasteiger partial charge is 0.465 e. The van der Waals surface area contributed by atoms with Gasteiger partial charge in [-0.2, -0.15) is 0 Å². The number of likely N-dealkylation sites (tertiary alicyclic amines) is 1. The van der Waals surface area contributed by atoms with Gasteiger partial charge in [-0.05, 0) is 17.7 Å². The van der Waals surface area contributed by atoms with E-state index in [1.165, 1.54) is 4.90 Å². The second-order valence-corrected chi connectivity index (χ2v) is 4.95. The summed E-state index contributed by atoms with van der Waals surface area (Å²) in [6.07, 6.45) is -0.942. The molecule has 2 unspecified atom stereocenters. The molecule has 1 saturated heterocycles. The first kappa shape index (κ1) is 12.5. The minimum atomic E-state index is -0.942. The van der Waals surface area contributed by atoms with E-state index in [9.17, 15) is 4.79 Å². The summed E-state index contributed by atoms with van der Waals surface area (Å²) in [7, 11) is 0. The fourth-order valence-electron chi connectivity index (χ4n) is 2.08. The van der Waals surface area contributed by atoms with Crippen LogP contribution in [0, 0.1) is 0 Å². The number of halogens is 2.